The van der Waals surface area contributed by atoms with Gasteiger partial charge in [-0.25, -0.2) is 0 Å². The molecular weight excluding hydrogens is 172 g/mol. The third kappa shape index (κ3) is 2.10. The fourth-order valence-electron chi connectivity index (χ4n) is 1.62. The van der Waals surface area contributed by atoms with Gasteiger partial charge in [0.15, 0.2) is 0 Å². The van der Waals surface area contributed by atoms with Gasteiger partial charge in [0, 0.05) is 5.04 Å². The van der Waals surface area contributed by atoms with Gasteiger partial charge in [-0.2, -0.15) is 0 Å². The van der Waals surface area contributed by atoms with E-state index in [9.17, 15) is 0 Å². The number of hydrogen-bond donors (Lipinski definition) is 0. The smallest absolute Gasteiger partial charge is 0.0711 e. The highest BCUT2D eigenvalue weighted by atomic mass is 28.3. The number of allylic oxidation sites excluding steroid dienone is 4. The monoisotopic (exact) mass is 192 g/mol. The Labute approximate surface area is 83.4 Å². The SMILES string of the molecule is C=CC[Si](C)(C)C(C=C)(C=C)C=C. The van der Waals surface area contributed by atoms with E-state index in [1.165, 1.54) is 0 Å². The maximum Gasteiger partial charge on any atom is 0.0711 e. The summed E-state index contributed by atoms with van der Waals surface area (Å²) in [5.41, 5.74) is 0. The molecule has 0 bridgehead atoms. The summed E-state index contributed by atoms with van der Waals surface area (Å²) in [7, 11) is -1.46. The van der Waals surface area contributed by atoms with Gasteiger partial charge in [0.05, 0.1) is 8.07 Å². The Kier molecular flexibility index (Phi) is 4.14. The molecule has 0 heterocycles. The van der Waals surface area contributed by atoms with E-state index < -0.39 is 8.07 Å². The van der Waals surface area contributed by atoms with Crippen molar-refractivity contribution in [2.45, 2.75) is 24.2 Å². The van der Waals surface area contributed by atoms with Crippen LogP contribution in [0.4, 0.5) is 0 Å². The van der Waals surface area contributed by atoms with Gasteiger partial charge in [-0.15, -0.1) is 26.3 Å². The lowest BCUT2D eigenvalue weighted by molar-refractivity contribution is 1.02. The summed E-state index contributed by atoms with van der Waals surface area (Å²) in [5.74, 6) is 0. The van der Waals surface area contributed by atoms with Crippen LogP contribution in [0.25, 0.3) is 0 Å². The summed E-state index contributed by atoms with van der Waals surface area (Å²) >= 11 is 0. The Hall–Kier alpha value is -0.823. The minimum atomic E-state index is -1.46. The molecule has 13 heavy (non-hydrogen) atoms. The van der Waals surface area contributed by atoms with Crippen molar-refractivity contribution in [3.05, 3.63) is 50.6 Å². The Bertz CT molecular complexity index is 202. The molecule has 72 valence electrons. The lowest BCUT2D eigenvalue weighted by Gasteiger charge is -2.38. The zero-order valence-corrected chi connectivity index (χ0v) is 9.84. The first-order valence-electron chi connectivity index (χ1n) is 4.51. The van der Waals surface area contributed by atoms with Crippen molar-refractivity contribution < 1.29 is 0 Å². The quantitative estimate of drug-likeness (QED) is 0.437. The van der Waals surface area contributed by atoms with Gasteiger partial charge >= 0.3 is 0 Å². The number of hydrogen-bond acceptors (Lipinski definition) is 0. The van der Waals surface area contributed by atoms with Crippen molar-refractivity contribution in [3.8, 4) is 0 Å². The summed E-state index contributed by atoms with van der Waals surface area (Å²) in [4.78, 5) is 0. The van der Waals surface area contributed by atoms with E-state index in [1.54, 1.807) is 0 Å². The van der Waals surface area contributed by atoms with E-state index in [0.717, 1.165) is 6.04 Å². The lowest BCUT2D eigenvalue weighted by atomic mass is 10.1. The molecule has 0 aromatic heterocycles. The topological polar surface area (TPSA) is 0 Å². The van der Waals surface area contributed by atoms with Crippen LogP contribution in [0.3, 0.4) is 0 Å². The first-order chi connectivity index (χ1) is 5.99. The molecule has 0 rings (SSSR count). The normalized spacial score (nSPS) is 11.8. The van der Waals surface area contributed by atoms with Crippen molar-refractivity contribution in [3.63, 3.8) is 0 Å². The van der Waals surface area contributed by atoms with Crippen LogP contribution >= 0.6 is 0 Å². The number of rotatable bonds is 6. The second-order valence-electron chi connectivity index (χ2n) is 3.92. The summed E-state index contributed by atoms with van der Waals surface area (Å²) in [5, 5.41) is -0.0683. The summed E-state index contributed by atoms with van der Waals surface area (Å²) < 4.78 is 0. The van der Waals surface area contributed by atoms with Gasteiger partial charge < -0.3 is 0 Å². The van der Waals surface area contributed by atoms with Crippen LogP contribution in [0.1, 0.15) is 0 Å². The molecule has 0 fully saturated rings. The van der Waals surface area contributed by atoms with Crippen molar-refractivity contribution in [2.24, 2.45) is 0 Å². The second-order valence-corrected chi connectivity index (χ2v) is 8.96. The Morgan fingerprint density at radius 2 is 1.38 bits per heavy atom. The van der Waals surface area contributed by atoms with Crippen LogP contribution in [-0.2, 0) is 0 Å². The molecule has 0 atom stereocenters. The van der Waals surface area contributed by atoms with Gasteiger partial charge in [-0.3, -0.25) is 0 Å². The zero-order chi connectivity index (χ0) is 10.5. The predicted octanol–water partition coefficient (Wildman–Crippen LogP) is 4.18. The van der Waals surface area contributed by atoms with Crippen molar-refractivity contribution in [1.82, 2.24) is 0 Å². The zero-order valence-electron chi connectivity index (χ0n) is 8.84. The molecule has 0 radical (unpaired) electrons. The van der Waals surface area contributed by atoms with Crippen molar-refractivity contribution in [1.29, 1.82) is 0 Å². The minimum absolute atomic E-state index is 0.0683. The molecule has 0 spiro atoms. The molecule has 0 N–H and O–H groups in total. The fraction of sp³-hybridized carbons (Fsp3) is 0.333. The molecular formula is C12H20Si. The Balaban J connectivity index is 5.12. The minimum Gasteiger partial charge on any atom is -0.103 e. The van der Waals surface area contributed by atoms with Crippen LogP contribution in [0.15, 0.2) is 50.6 Å². The molecule has 0 saturated carbocycles. The fourth-order valence-corrected chi connectivity index (χ4v) is 4.35. The van der Waals surface area contributed by atoms with Gasteiger partial charge in [0.2, 0.25) is 0 Å². The van der Waals surface area contributed by atoms with Crippen LogP contribution in [-0.4, -0.2) is 8.07 Å². The Morgan fingerprint density at radius 3 is 1.62 bits per heavy atom. The highest BCUT2D eigenvalue weighted by Crippen LogP contribution is 2.43. The molecule has 0 saturated heterocycles. The largest absolute Gasteiger partial charge is 0.103 e. The highest BCUT2D eigenvalue weighted by Gasteiger charge is 2.38. The molecule has 0 aromatic rings. The average Bonchev–Trinajstić information content (AvgIpc) is 2.07. The van der Waals surface area contributed by atoms with Crippen molar-refractivity contribution >= 4 is 8.07 Å². The third-order valence-electron chi connectivity index (χ3n) is 2.84. The molecule has 0 aromatic carbocycles. The summed E-state index contributed by atoms with van der Waals surface area (Å²) in [6.07, 6.45) is 7.87. The summed E-state index contributed by atoms with van der Waals surface area (Å²) in [6.45, 7) is 20.0. The maximum absolute atomic E-state index is 3.88. The second kappa shape index (κ2) is 4.42. The van der Waals surface area contributed by atoms with E-state index in [0.29, 0.717) is 0 Å². The van der Waals surface area contributed by atoms with E-state index in [4.69, 9.17) is 0 Å². The van der Waals surface area contributed by atoms with E-state index in [-0.39, 0.29) is 5.04 Å². The highest BCUT2D eigenvalue weighted by molar-refractivity contribution is 6.82. The third-order valence-corrected chi connectivity index (χ3v) is 7.11. The first-order valence-corrected chi connectivity index (χ1v) is 7.72. The first kappa shape index (κ1) is 12.2. The van der Waals surface area contributed by atoms with Crippen LogP contribution in [0, 0.1) is 0 Å². The van der Waals surface area contributed by atoms with Crippen LogP contribution in [0.5, 0.6) is 0 Å². The molecule has 1 heteroatoms. The van der Waals surface area contributed by atoms with Gasteiger partial charge in [-0.1, -0.05) is 37.4 Å². The lowest BCUT2D eigenvalue weighted by Crippen LogP contribution is -2.38. The van der Waals surface area contributed by atoms with E-state index in [2.05, 4.69) is 39.4 Å². The molecule has 0 aliphatic heterocycles. The van der Waals surface area contributed by atoms with Gasteiger partial charge in [0.25, 0.3) is 0 Å². The van der Waals surface area contributed by atoms with E-state index >= 15 is 0 Å². The van der Waals surface area contributed by atoms with E-state index in [1.807, 2.05) is 24.3 Å². The van der Waals surface area contributed by atoms with Crippen molar-refractivity contribution in [2.75, 3.05) is 0 Å². The maximum atomic E-state index is 3.88. The molecule has 0 aliphatic rings. The molecule has 0 aliphatic carbocycles. The average molecular weight is 192 g/mol. The van der Waals surface area contributed by atoms with Crippen LogP contribution < -0.4 is 0 Å². The van der Waals surface area contributed by atoms with Gasteiger partial charge in [0.1, 0.15) is 0 Å². The molecule has 0 nitrogen and oxygen atoms in total. The standard InChI is InChI=1S/C12H20Si/c1-7-11-13(5,6)12(8-2,9-3)10-4/h7-10H,1-4,11H2,5-6H3. The Morgan fingerprint density at radius 1 is 1.00 bits per heavy atom. The molecule has 0 unspecified atom stereocenters. The molecule has 0 amide bonds. The predicted molar refractivity (Wildman–Crippen MR) is 65.8 cm³/mol. The summed E-state index contributed by atoms with van der Waals surface area (Å²) in [6, 6.07) is 1.05. The van der Waals surface area contributed by atoms with Crippen LogP contribution in [0.2, 0.25) is 24.2 Å². The van der Waals surface area contributed by atoms with Gasteiger partial charge in [-0.05, 0) is 6.04 Å².